The molecule has 2 aliphatic heterocycles. The van der Waals surface area contributed by atoms with Gasteiger partial charge in [-0.05, 0) is 46.1 Å². The zero-order valence-corrected chi connectivity index (χ0v) is 15.1. The molecule has 1 N–H and O–H groups in total. The van der Waals surface area contributed by atoms with E-state index in [1.807, 2.05) is 6.07 Å². The van der Waals surface area contributed by atoms with Crippen LogP contribution in [-0.2, 0) is 4.79 Å². The molecule has 0 saturated carbocycles. The van der Waals surface area contributed by atoms with Crippen molar-refractivity contribution in [2.75, 3.05) is 31.1 Å². The van der Waals surface area contributed by atoms with Gasteiger partial charge < -0.3 is 14.7 Å². The lowest BCUT2D eigenvalue weighted by Gasteiger charge is -2.42. The highest BCUT2D eigenvalue weighted by atomic mass is 16.2. The Bertz CT molecular complexity index is 534. The van der Waals surface area contributed by atoms with Crippen molar-refractivity contribution in [2.24, 2.45) is 0 Å². The molecule has 0 aliphatic carbocycles. The second-order valence-corrected chi connectivity index (χ2v) is 7.29. The van der Waals surface area contributed by atoms with Crippen molar-refractivity contribution in [3.05, 3.63) is 18.5 Å². The van der Waals surface area contributed by atoms with Crippen molar-refractivity contribution >= 4 is 11.9 Å². The number of anilines is 1. The summed E-state index contributed by atoms with van der Waals surface area (Å²) in [5.41, 5.74) is 0. The first-order valence-electron chi connectivity index (χ1n) is 9.26. The number of carbonyl (C=O) groups is 1. The molecule has 0 bridgehead atoms. The predicted molar refractivity (Wildman–Crippen MR) is 94.0 cm³/mol. The number of amides is 1. The Morgan fingerprint density at radius 2 is 1.75 bits per heavy atom. The van der Waals surface area contributed by atoms with Crippen LogP contribution in [-0.4, -0.2) is 65.1 Å². The van der Waals surface area contributed by atoms with E-state index in [1.165, 1.54) is 11.3 Å². The van der Waals surface area contributed by atoms with Crippen molar-refractivity contribution in [2.45, 2.75) is 58.2 Å². The maximum Gasteiger partial charge on any atom is 0.281 e. The minimum absolute atomic E-state index is 0.0341. The van der Waals surface area contributed by atoms with Gasteiger partial charge in [0.25, 0.3) is 5.91 Å². The molecule has 2 aliphatic rings. The molecule has 0 unspecified atom stereocenters. The molecule has 1 aromatic heterocycles. The third kappa shape index (κ3) is 3.53. The lowest BCUT2D eigenvalue weighted by molar-refractivity contribution is -0.915. The SMILES string of the molecule is C[C@@H]1CCC[C@H](C)N1C(=O)[C@@H](C)[NH+]1CCN(c2ncccn2)CC1. The normalized spacial score (nSPS) is 27.1. The fraction of sp³-hybridized carbons (Fsp3) is 0.722. The third-order valence-corrected chi connectivity index (χ3v) is 5.67. The van der Waals surface area contributed by atoms with Gasteiger partial charge in [0.15, 0.2) is 6.04 Å². The maximum absolute atomic E-state index is 13.0. The lowest BCUT2D eigenvalue weighted by atomic mass is 9.96. The van der Waals surface area contributed by atoms with E-state index < -0.39 is 0 Å². The van der Waals surface area contributed by atoms with Crippen molar-refractivity contribution in [1.82, 2.24) is 14.9 Å². The molecule has 24 heavy (non-hydrogen) atoms. The standard InChI is InChI=1S/C18H29N5O/c1-14-6-4-7-15(2)23(14)17(24)16(3)21-10-12-22(13-11-21)18-19-8-5-9-20-18/h5,8-9,14-16H,4,6-7,10-13H2,1-3H3/p+1/t14-,15+,16-/m1/s1. The van der Waals surface area contributed by atoms with Gasteiger partial charge in [0, 0.05) is 24.5 Å². The van der Waals surface area contributed by atoms with Crippen molar-refractivity contribution in [1.29, 1.82) is 0 Å². The van der Waals surface area contributed by atoms with E-state index in [1.54, 1.807) is 12.4 Å². The van der Waals surface area contributed by atoms with Crippen LogP contribution in [0.4, 0.5) is 5.95 Å². The third-order valence-electron chi connectivity index (χ3n) is 5.67. The first-order valence-corrected chi connectivity index (χ1v) is 9.26. The number of quaternary nitrogens is 1. The van der Waals surface area contributed by atoms with Crippen molar-refractivity contribution in [3.8, 4) is 0 Å². The first-order chi connectivity index (χ1) is 11.6. The minimum Gasteiger partial charge on any atom is -0.332 e. The summed E-state index contributed by atoms with van der Waals surface area (Å²) in [6.45, 7) is 10.2. The van der Waals surface area contributed by atoms with Gasteiger partial charge in [-0.15, -0.1) is 0 Å². The van der Waals surface area contributed by atoms with Crippen LogP contribution in [0.1, 0.15) is 40.0 Å². The van der Waals surface area contributed by atoms with Crippen LogP contribution in [0.5, 0.6) is 0 Å². The Morgan fingerprint density at radius 1 is 1.17 bits per heavy atom. The van der Waals surface area contributed by atoms with Crippen molar-refractivity contribution < 1.29 is 9.69 Å². The van der Waals surface area contributed by atoms with Crippen LogP contribution in [0.2, 0.25) is 0 Å². The van der Waals surface area contributed by atoms with Crippen LogP contribution in [0.3, 0.4) is 0 Å². The highest BCUT2D eigenvalue weighted by Crippen LogP contribution is 2.22. The number of piperidine rings is 1. The molecule has 0 radical (unpaired) electrons. The second kappa shape index (κ2) is 7.47. The number of hydrogen-bond donors (Lipinski definition) is 1. The Hall–Kier alpha value is -1.69. The molecule has 2 fully saturated rings. The van der Waals surface area contributed by atoms with E-state index in [4.69, 9.17) is 0 Å². The zero-order valence-electron chi connectivity index (χ0n) is 15.1. The van der Waals surface area contributed by atoms with Crippen LogP contribution >= 0.6 is 0 Å². The van der Waals surface area contributed by atoms with E-state index in [-0.39, 0.29) is 6.04 Å². The molecule has 0 spiro atoms. The van der Waals surface area contributed by atoms with E-state index in [2.05, 4.69) is 40.5 Å². The Labute approximate surface area is 144 Å². The summed E-state index contributed by atoms with van der Waals surface area (Å²) in [5.74, 6) is 1.13. The molecule has 3 heterocycles. The van der Waals surface area contributed by atoms with E-state index in [9.17, 15) is 4.79 Å². The van der Waals surface area contributed by atoms with E-state index in [0.29, 0.717) is 18.0 Å². The summed E-state index contributed by atoms with van der Waals surface area (Å²) >= 11 is 0. The van der Waals surface area contributed by atoms with E-state index in [0.717, 1.165) is 45.0 Å². The predicted octanol–water partition coefficient (Wildman–Crippen LogP) is 0.360. The number of likely N-dealkylation sites (tertiary alicyclic amines) is 1. The summed E-state index contributed by atoms with van der Waals surface area (Å²) in [6, 6.07) is 2.63. The summed E-state index contributed by atoms with van der Waals surface area (Å²) in [5, 5.41) is 0. The van der Waals surface area contributed by atoms with Gasteiger partial charge >= 0.3 is 0 Å². The number of rotatable bonds is 3. The molecule has 2 saturated heterocycles. The monoisotopic (exact) mass is 332 g/mol. The van der Waals surface area contributed by atoms with Gasteiger partial charge in [0.2, 0.25) is 5.95 Å². The summed E-state index contributed by atoms with van der Waals surface area (Å²) < 4.78 is 0. The fourth-order valence-electron chi connectivity index (χ4n) is 4.14. The Morgan fingerprint density at radius 3 is 2.33 bits per heavy atom. The Kier molecular flexibility index (Phi) is 5.33. The smallest absolute Gasteiger partial charge is 0.281 e. The van der Waals surface area contributed by atoms with Gasteiger partial charge in [0.1, 0.15) is 0 Å². The average Bonchev–Trinajstić information content (AvgIpc) is 2.62. The summed E-state index contributed by atoms with van der Waals surface area (Å²) in [7, 11) is 0. The number of nitrogens with zero attached hydrogens (tertiary/aromatic N) is 4. The molecule has 1 aromatic rings. The molecular weight excluding hydrogens is 302 g/mol. The molecule has 0 aromatic carbocycles. The second-order valence-electron chi connectivity index (χ2n) is 7.29. The molecule has 1 amide bonds. The lowest BCUT2D eigenvalue weighted by Crippen LogP contribution is -3.19. The molecule has 132 valence electrons. The fourth-order valence-corrected chi connectivity index (χ4v) is 4.14. The number of carbonyl (C=O) groups excluding carboxylic acids is 1. The van der Waals surface area contributed by atoms with E-state index >= 15 is 0 Å². The first kappa shape index (κ1) is 17.1. The quantitative estimate of drug-likeness (QED) is 0.868. The number of piperazine rings is 1. The molecular formula is C18H30N5O+. The van der Waals surface area contributed by atoms with Gasteiger partial charge in [-0.1, -0.05) is 0 Å². The summed E-state index contributed by atoms with van der Waals surface area (Å²) in [6.07, 6.45) is 7.08. The van der Waals surface area contributed by atoms with Crippen LogP contribution in [0.15, 0.2) is 18.5 Å². The number of aromatic nitrogens is 2. The topological polar surface area (TPSA) is 53.8 Å². The Balaban J connectivity index is 1.58. The molecule has 3 atom stereocenters. The van der Waals surface area contributed by atoms with Crippen LogP contribution < -0.4 is 9.80 Å². The molecule has 6 nitrogen and oxygen atoms in total. The molecule has 3 rings (SSSR count). The maximum atomic E-state index is 13.0. The molecule has 6 heteroatoms. The van der Waals surface area contributed by atoms with Crippen molar-refractivity contribution in [3.63, 3.8) is 0 Å². The van der Waals surface area contributed by atoms with Gasteiger partial charge in [-0.3, -0.25) is 4.79 Å². The van der Waals surface area contributed by atoms with Gasteiger partial charge in [-0.25, -0.2) is 9.97 Å². The highest BCUT2D eigenvalue weighted by Gasteiger charge is 2.37. The van der Waals surface area contributed by atoms with Crippen LogP contribution in [0, 0.1) is 0 Å². The average molecular weight is 332 g/mol. The number of nitrogens with one attached hydrogen (secondary N) is 1. The largest absolute Gasteiger partial charge is 0.332 e. The zero-order chi connectivity index (χ0) is 17.1. The highest BCUT2D eigenvalue weighted by molar-refractivity contribution is 5.80. The van der Waals surface area contributed by atoms with Gasteiger partial charge in [-0.2, -0.15) is 0 Å². The van der Waals surface area contributed by atoms with Gasteiger partial charge in [0.05, 0.1) is 26.2 Å². The van der Waals surface area contributed by atoms with Crippen LogP contribution in [0.25, 0.3) is 0 Å². The summed E-state index contributed by atoms with van der Waals surface area (Å²) in [4.78, 5) is 27.4. The minimum atomic E-state index is 0.0341. The number of hydrogen-bond acceptors (Lipinski definition) is 4.